The fraction of sp³-hybridized carbons (Fsp3) is 0.381. The van der Waals surface area contributed by atoms with E-state index in [0.717, 1.165) is 5.39 Å². The highest BCUT2D eigenvalue weighted by atomic mass is 35.5. The van der Waals surface area contributed by atoms with Crippen LogP contribution >= 0.6 is 12.4 Å². The molecule has 1 atom stereocenters. The Bertz CT molecular complexity index is 909. The van der Waals surface area contributed by atoms with E-state index in [2.05, 4.69) is 5.32 Å². The standard InChI is InChI=1S/C21H25NO6.ClH/c1-11(2)20(25)27-17-9-14-6-7-16(22-13(5)19(23)24)8-15(14)10-18(17)28-21(26)12(3)4;/h6-13,22H,1-5H3,(H,23,24);1H. The highest BCUT2D eigenvalue weighted by Gasteiger charge is 2.19. The summed E-state index contributed by atoms with van der Waals surface area (Å²) in [6, 6.07) is 7.72. The van der Waals surface area contributed by atoms with Crippen LogP contribution in [0, 0.1) is 11.8 Å². The molecule has 8 heteroatoms. The summed E-state index contributed by atoms with van der Waals surface area (Å²) in [6.45, 7) is 8.38. The molecule has 0 aliphatic rings. The Labute approximate surface area is 175 Å². The summed E-state index contributed by atoms with van der Waals surface area (Å²) in [4.78, 5) is 35.1. The molecule has 0 saturated carbocycles. The second-order valence-corrected chi connectivity index (χ2v) is 7.22. The summed E-state index contributed by atoms with van der Waals surface area (Å²) < 4.78 is 10.8. The van der Waals surface area contributed by atoms with Crippen molar-refractivity contribution in [2.75, 3.05) is 5.32 Å². The maximum atomic E-state index is 12.1. The Kier molecular flexibility index (Phi) is 8.45. The number of hydrogen-bond acceptors (Lipinski definition) is 6. The number of halogens is 1. The highest BCUT2D eigenvalue weighted by Crippen LogP contribution is 2.35. The largest absolute Gasteiger partial charge is 0.480 e. The maximum Gasteiger partial charge on any atom is 0.325 e. The number of carboxylic acids is 1. The average Bonchev–Trinajstić information content (AvgIpc) is 2.61. The predicted molar refractivity (Wildman–Crippen MR) is 113 cm³/mol. The van der Waals surface area contributed by atoms with Gasteiger partial charge in [0.15, 0.2) is 11.5 Å². The van der Waals surface area contributed by atoms with Crippen molar-refractivity contribution in [3.05, 3.63) is 30.3 Å². The number of ether oxygens (including phenoxy) is 2. The minimum Gasteiger partial charge on any atom is -0.480 e. The van der Waals surface area contributed by atoms with E-state index in [-0.39, 0.29) is 35.7 Å². The van der Waals surface area contributed by atoms with E-state index < -0.39 is 23.9 Å². The lowest BCUT2D eigenvalue weighted by Gasteiger charge is -2.15. The number of anilines is 1. The molecule has 158 valence electrons. The van der Waals surface area contributed by atoms with Crippen LogP contribution < -0.4 is 14.8 Å². The number of benzene rings is 2. The van der Waals surface area contributed by atoms with E-state index >= 15 is 0 Å². The summed E-state index contributed by atoms with van der Waals surface area (Å²) in [6.07, 6.45) is 0. The van der Waals surface area contributed by atoms with Gasteiger partial charge in [0.1, 0.15) is 6.04 Å². The van der Waals surface area contributed by atoms with Gasteiger partial charge < -0.3 is 19.9 Å². The number of carbonyl (C=O) groups is 3. The number of nitrogens with one attached hydrogen (secondary N) is 1. The Morgan fingerprint density at radius 1 is 0.828 bits per heavy atom. The molecule has 0 spiro atoms. The molecule has 0 aliphatic carbocycles. The van der Waals surface area contributed by atoms with E-state index in [1.807, 2.05) is 0 Å². The van der Waals surface area contributed by atoms with Crippen LogP contribution in [0.25, 0.3) is 10.8 Å². The minimum absolute atomic E-state index is 0. The molecule has 0 fully saturated rings. The van der Waals surface area contributed by atoms with Crippen LogP contribution in [0.4, 0.5) is 5.69 Å². The summed E-state index contributed by atoms with van der Waals surface area (Å²) in [5, 5.41) is 13.4. The third-order valence-corrected chi connectivity index (χ3v) is 4.02. The first kappa shape index (κ1) is 24.2. The number of carbonyl (C=O) groups excluding carboxylic acids is 2. The first-order valence-corrected chi connectivity index (χ1v) is 9.09. The molecule has 0 heterocycles. The number of aliphatic carboxylic acids is 1. The second-order valence-electron chi connectivity index (χ2n) is 7.22. The van der Waals surface area contributed by atoms with Gasteiger partial charge in [-0.25, -0.2) is 0 Å². The van der Waals surface area contributed by atoms with E-state index in [1.165, 1.54) is 6.92 Å². The Morgan fingerprint density at radius 2 is 1.31 bits per heavy atom. The number of fused-ring (bicyclic) bond motifs is 1. The van der Waals surface area contributed by atoms with Crippen molar-refractivity contribution in [2.24, 2.45) is 11.8 Å². The van der Waals surface area contributed by atoms with Crippen molar-refractivity contribution in [1.82, 2.24) is 0 Å². The van der Waals surface area contributed by atoms with E-state index in [0.29, 0.717) is 11.1 Å². The van der Waals surface area contributed by atoms with E-state index in [9.17, 15) is 14.4 Å². The van der Waals surface area contributed by atoms with Crippen LogP contribution in [0.15, 0.2) is 30.3 Å². The summed E-state index contributed by atoms with van der Waals surface area (Å²) in [5.74, 6) is -2.24. The lowest BCUT2D eigenvalue weighted by molar-refractivity contribution is -0.140. The molecule has 0 aliphatic heterocycles. The second kappa shape index (κ2) is 10.1. The van der Waals surface area contributed by atoms with Crippen LogP contribution in [0.3, 0.4) is 0 Å². The quantitative estimate of drug-likeness (QED) is 0.506. The van der Waals surface area contributed by atoms with Gasteiger partial charge in [0.2, 0.25) is 0 Å². The van der Waals surface area contributed by atoms with Crippen molar-refractivity contribution in [2.45, 2.75) is 40.7 Å². The van der Waals surface area contributed by atoms with Crippen LogP contribution in [0.1, 0.15) is 34.6 Å². The summed E-state index contributed by atoms with van der Waals surface area (Å²) >= 11 is 0. The summed E-state index contributed by atoms with van der Waals surface area (Å²) in [5.41, 5.74) is 0.607. The van der Waals surface area contributed by atoms with Crippen molar-refractivity contribution in [3.63, 3.8) is 0 Å². The zero-order valence-corrected chi connectivity index (χ0v) is 17.8. The molecule has 2 aromatic carbocycles. The third kappa shape index (κ3) is 6.35. The summed E-state index contributed by atoms with van der Waals surface area (Å²) in [7, 11) is 0. The Balaban J connectivity index is 0.00000420. The maximum absolute atomic E-state index is 12.1. The molecule has 0 bridgehead atoms. The molecule has 29 heavy (non-hydrogen) atoms. The molecule has 1 unspecified atom stereocenters. The van der Waals surface area contributed by atoms with Crippen molar-refractivity contribution in [1.29, 1.82) is 0 Å². The van der Waals surface area contributed by atoms with Gasteiger partial charge in [0, 0.05) is 5.69 Å². The Hall–Kier alpha value is -2.80. The molecule has 0 amide bonds. The molecule has 0 aromatic heterocycles. The van der Waals surface area contributed by atoms with Crippen molar-refractivity contribution < 1.29 is 29.0 Å². The Morgan fingerprint density at radius 3 is 1.76 bits per heavy atom. The van der Waals surface area contributed by atoms with Crippen molar-refractivity contribution >= 4 is 46.8 Å². The fourth-order valence-corrected chi connectivity index (χ4v) is 2.27. The van der Waals surface area contributed by atoms with Crippen LogP contribution in [-0.2, 0) is 14.4 Å². The van der Waals surface area contributed by atoms with Crippen molar-refractivity contribution in [3.8, 4) is 11.5 Å². The van der Waals surface area contributed by atoms with Crippen LogP contribution in [0.5, 0.6) is 11.5 Å². The van der Waals surface area contributed by atoms with Gasteiger partial charge >= 0.3 is 17.9 Å². The molecule has 0 radical (unpaired) electrons. The lowest BCUT2D eigenvalue weighted by Crippen LogP contribution is -2.25. The van der Waals surface area contributed by atoms with Crippen LogP contribution in [0.2, 0.25) is 0 Å². The first-order valence-electron chi connectivity index (χ1n) is 9.09. The van der Waals surface area contributed by atoms with E-state index in [1.54, 1.807) is 58.0 Å². The van der Waals surface area contributed by atoms with Gasteiger partial charge in [-0.3, -0.25) is 14.4 Å². The topological polar surface area (TPSA) is 102 Å². The average molecular weight is 424 g/mol. The molecular weight excluding hydrogens is 398 g/mol. The SMILES string of the molecule is CC(C)C(=O)Oc1cc2ccc(NC(C)C(=O)O)cc2cc1OC(=O)C(C)C.Cl. The van der Waals surface area contributed by atoms with E-state index in [4.69, 9.17) is 14.6 Å². The lowest BCUT2D eigenvalue weighted by atomic mass is 10.1. The number of carboxylic acid groups (broad SMARTS) is 1. The van der Waals surface area contributed by atoms with Gasteiger partial charge in [0.05, 0.1) is 11.8 Å². The fourth-order valence-electron chi connectivity index (χ4n) is 2.27. The third-order valence-electron chi connectivity index (χ3n) is 4.02. The smallest absolute Gasteiger partial charge is 0.325 e. The van der Waals surface area contributed by atoms with Gasteiger partial charge in [-0.15, -0.1) is 12.4 Å². The zero-order valence-electron chi connectivity index (χ0n) is 17.0. The number of rotatable bonds is 7. The van der Waals surface area contributed by atoms with Crippen LogP contribution in [-0.4, -0.2) is 29.1 Å². The molecular formula is C21H26ClNO6. The van der Waals surface area contributed by atoms with Gasteiger partial charge in [-0.1, -0.05) is 33.8 Å². The zero-order chi connectivity index (χ0) is 21.0. The highest BCUT2D eigenvalue weighted by molar-refractivity contribution is 5.91. The monoisotopic (exact) mass is 423 g/mol. The molecule has 0 saturated heterocycles. The molecule has 2 N–H and O–H groups in total. The van der Waals surface area contributed by atoms with Gasteiger partial charge in [0.25, 0.3) is 0 Å². The number of esters is 2. The minimum atomic E-state index is -0.970. The normalized spacial score (nSPS) is 11.7. The number of hydrogen-bond donors (Lipinski definition) is 2. The molecule has 2 rings (SSSR count). The molecule has 7 nitrogen and oxygen atoms in total. The van der Waals surface area contributed by atoms with Gasteiger partial charge in [-0.05, 0) is 42.0 Å². The molecule has 2 aromatic rings. The first-order chi connectivity index (χ1) is 13.1. The van der Waals surface area contributed by atoms with Gasteiger partial charge in [-0.2, -0.15) is 0 Å². The predicted octanol–water partition coefficient (Wildman–Crippen LogP) is 4.27.